The Balaban J connectivity index is 1.55. The molecule has 1 aliphatic rings. The van der Waals surface area contributed by atoms with Crippen LogP contribution in [0.4, 0.5) is 29.1 Å². The number of hydrogen-bond donors (Lipinski definition) is 2. The first-order valence-corrected chi connectivity index (χ1v) is 12.0. The van der Waals surface area contributed by atoms with E-state index in [2.05, 4.69) is 27.0 Å². The molecule has 0 unspecified atom stereocenters. The highest BCUT2D eigenvalue weighted by Crippen LogP contribution is 2.35. The number of nitrogens with zero attached hydrogens (tertiary/aromatic N) is 3. The normalized spacial score (nSPS) is 14.6. The van der Waals surface area contributed by atoms with E-state index >= 15 is 0 Å². The number of piperazine rings is 1. The average molecular weight is 546 g/mol. The zero-order valence-corrected chi connectivity index (χ0v) is 21.1. The van der Waals surface area contributed by atoms with E-state index in [9.17, 15) is 22.4 Å². The predicted octanol–water partition coefficient (Wildman–Crippen LogP) is 4.87. The van der Waals surface area contributed by atoms with Crippen molar-refractivity contribution in [2.24, 2.45) is 0 Å². The molecule has 1 aliphatic heterocycles. The number of aromatic nitrogens is 1. The number of halogens is 5. The number of pyridine rings is 1. The number of rotatable bonds is 4. The lowest BCUT2D eigenvalue weighted by Crippen LogP contribution is -2.44. The van der Waals surface area contributed by atoms with Crippen molar-refractivity contribution < 1.29 is 22.4 Å². The van der Waals surface area contributed by atoms with Crippen LogP contribution in [0.2, 0.25) is 5.02 Å². The number of benzene rings is 2. The Morgan fingerprint density at radius 2 is 1.84 bits per heavy atom. The maximum atomic E-state index is 14.0. The lowest BCUT2D eigenvalue weighted by atomic mass is 10.0. The van der Waals surface area contributed by atoms with Gasteiger partial charge >= 0.3 is 6.18 Å². The van der Waals surface area contributed by atoms with Crippen molar-refractivity contribution in [2.75, 3.05) is 44.3 Å². The van der Waals surface area contributed by atoms with Gasteiger partial charge in [-0.25, -0.2) is 9.37 Å². The van der Waals surface area contributed by atoms with Crippen LogP contribution in [0.3, 0.4) is 0 Å². The van der Waals surface area contributed by atoms with Crippen LogP contribution in [0.5, 0.6) is 0 Å². The number of hydrogen-bond acceptors (Lipinski definition) is 5. The van der Waals surface area contributed by atoms with Crippen molar-refractivity contribution in [1.29, 1.82) is 0 Å². The van der Waals surface area contributed by atoms with E-state index in [4.69, 9.17) is 17.3 Å². The SMILES string of the molecule is CN1CCN(Cc2ccc(NC(=O)c3ccc(Cl)c(C#Cc4c(F)ccnc4N)c3)cc2C(F)(F)F)CC1. The molecular formula is C27H24ClF4N5O. The Morgan fingerprint density at radius 3 is 2.53 bits per heavy atom. The lowest BCUT2D eigenvalue weighted by molar-refractivity contribution is -0.138. The molecule has 38 heavy (non-hydrogen) atoms. The zero-order valence-electron chi connectivity index (χ0n) is 20.4. The molecule has 0 atom stereocenters. The van der Waals surface area contributed by atoms with Crippen molar-refractivity contribution in [3.05, 3.63) is 87.3 Å². The summed E-state index contributed by atoms with van der Waals surface area (Å²) in [5.74, 6) is 3.82. The van der Waals surface area contributed by atoms with Crippen LogP contribution < -0.4 is 11.1 Å². The maximum absolute atomic E-state index is 14.0. The Morgan fingerprint density at radius 1 is 1.11 bits per heavy atom. The van der Waals surface area contributed by atoms with Crippen molar-refractivity contribution in [2.45, 2.75) is 12.7 Å². The Bertz CT molecular complexity index is 1390. The molecule has 198 valence electrons. The van der Waals surface area contributed by atoms with Gasteiger partial charge in [0.2, 0.25) is 0 Å². The molecule has 6 nitrogen and oxygen atoms in total. The van der Waals surface area contributed by atoms with Crippen LogP contribution in [-0.4, -0.2) is 53.9 Å². The summed E-state index contributed by atoms with van der Waals surface area (Å²) in [6.45, 7) is 3.08. The number of carbonyl (C=O) groups excluding carboxylic acids is 1. The molecular weight excluding hydrogens is 522 g/mol. The molecule has 0 spiro atoms. The summed E-state index contributed by atoms with van der Waals surface area (Å²) in [6, 6.07) is 9.08. The Kier molecular flexibility index (Phi) is 8.21. The van der Waals surface area contributed by atoms with Gasteiger partial charge in [0.05, 0.1) is 10.6 Å². The van der Waals surface area contributed by atoms with Gasteiger partial charge in [0.1, 0.15) is 17.2 Å². The summed E-state index contributed by atoms with van der Waals surface area (Å²) in [5, 5.41) is 2.70. The van der Waals surface area contributed by atoms with Gasteiger partial charge in [0.25, 0.3) is 5.91 Å². The molecule has 0 aliphatic carbocycles. The van der Waals surface area contributed by atoms with Crippen molar-refractivity contribution >= 4 is 29.0 Å². The molecule has 0 saturated carbocycles. The molecule has 2 aromatic carbocycles. The summed E-state index contributed by atoms with van der Waals surface area (Å²) in [4.78, 5) is 20.8. The van der Waals surface area contributed by atoms with Crippen molar-refractivity contribution in [1.82, 2.24) is 14.8 Å². The van der Waals surface area contributed by atoms with Gasteiger partial charge in [-0.1, -0.05) is 29.5 Å². The first-order valence-electron chi connectivity index (χ1n) is 11.6. The fraction of sp³-hybridized carbons (Fsp3) is 0.259. The maximum Gasteiger partial charge on any atom is 0.416 e. The fourth-order valence-corrected chi connectivity index (χ4v) is 4.14. The minimum absolute atomic E-state index is 0.00255. The van der Waals surface area contributed by atoms with E-state index in [1.54, 1.807) is 0 Å². The molecule has 1 saturated heterocycles. The highest BCUT2D eigenvalue weighted by Gasteiger charge is 2.34. The van der Waals surface area contributed by atoms with E-state index < -0.39 is 23.5 Å². The van der Waals surface area contributed by atoms with Gasteiger partial charge in [-0.05, 0) is 49.0 Å². The van der Waals surface area contributed by atoms with Gasteiger partial charge in [-0.3, -0.25) is 9.69 Å². The van der Waals surface area contributed by atoms with Crippen LogP contribution in [0, 0.1) is 17.7 Å². The highest BCUT2D eigenvalue weighted by atomic mass is 35.5. The number of anilines is 2. The first kappa shape index (κ1) is 27.4. The number of alkyl halides is 3. The third kappa shape index (κ3) is 6.61. The van der Waals surface area contributed by atoms with E-state index in [1.165, 1.54) is 36.5 Å². The predicted molar refractivity (Wildman–Crippen MR) is 138 cm³/mol. The molecule has 0 bridgehead atoms. The second kappa shape index (κ2) is 11.4. The van der Waals surface area contributed by atoms with Gasteiger partial charge < -0.3 is 16.0 Å². The minimum Gasteiger partial charge on any atom is -0.383 e. The number of likely N-dealkylation sites (N-methyl/N-ethyl adjacent to an activating group) is 1. The highest BCUT2D eigenvalue weighted by molar-refractivity contribution is 6.32. The summed E-state index contributed by atoms with van der Waals surface area (Å²) in [6.07, 6.45) is -3.38. The van der Waals surface area contributed by atoms with Gasteiger partial charge in [0.15, 0.2) is 0 Å². The topological polar surface area (TPSA) is 74.5 Å². The molecule has 1 aromatic heterocycles. The zero-order chi connectivity index (χ0) is 27.4. The quantitative estimate of drug-likeness (QED) is 0.361. The fourth-order valence-electron chi connectivity index (χ4n) is 3.98. The van der Waals surface area contributed by atoms with Gasteiger partial charge in [-0.15, -0.1) is 0 Å². The molecule has 2 heterocycles. The third-order valence-electron chi connectivity index (χ3n) is 6.14. The second-order valence-corrected chi connectivity index (χ2v) is 9.31. The largest absolute Gasteiger partial charge is 0.416 e. The average Bonchev–Trinajstić information content (AvgIpc) is 2.86. The van der Waals surface area contributed by atoms with E-state index in [-0.39, 0.29) is 45.3 Å². The first-order chi connectivity index (χ1) is 18.0. The Labute approximate surface area is 222 Å². The second-order valence-electron chi connectivity index (χ2n) is 8.90. The number of nitrogens with two attached hydrogens (primary N) is 1. The van der Waals surface area contributed by atoms with Crippen molar-refractivity contribution in [3.8, 4) is 11.8 Å². The standard InChI is InChI=1S/C27H24ClF4N5O/c1-36-10-12-37(13-11-36)16-19-2-5-20(15-22(19)27(30,31)32)35-26(38)18-4-7-23(28)17(14-18)3-6-21-24(29)8-9-34-25(21)33/h2,4-5,7-9,14-15H,10-13,16H2,1H3,(H2,33,34)(H,35,38). The third-order valence-corrected chi connectivity index (χ3v) is 6.47. The summed E-state index contributed by atoms with van der Waals surface area (Å²) in [7, 11) is 1.97. The summed E-state index contributed by atoms with van der Waals surface area (Å²) < 4.78 is 55.6. The van der Waals surface area contributed by atoms with Gasteiger partial charge in [0, 0.05) is 55.7 Å². The molecule has 4 rings (SSSR count). The molecule has 1 fully saturated rings. The van der Waals surface area contributed by atoms with E-state index in [1.807, 2.05) is 11.9 Å². The summed E-state index contributed by atoms with van der Waals surface area (Å²) in [5.41, 5.74) is 5.21. The molecule has 3 N–H and O–H groups in total. The number of amides is 1. The van der Waals surface area contributed by atoms with Crippen LogP contribution in [-0.2, 0) is 12.7 Å². The van der Waals surface area contributed by atoms with Crippen molar-refractivity contribution in [3.63, 3.8) is 0 Å². The van der Waals surface area contributed by atoms with Crippen LogP contribution in [0.1, 0.15) is 32.6 Å². The van der Waals surface area contributed by atoms with E-state index in [0.29, 0.717) is 13.1 Å². The monoisotopic (exact) mass is 545 g/mol. The lowest BCUT2D eigenvalue weighted by Gasteiger charge is -2.33. The Hall–Kier alpha value is -3.65. The molecule has 0 radical (unpaired) electrons. The summed E-state index contributed by atoms with van der Waals surface area (Å²) >= 11 is 6.18. The van der Waals surface area contributed by atoms with E-state index in [0.717, 1.165) is 25.2 Å². The minimum atomic E-state index is -4.59. The van der Waals surface area contributed by atoms with Gasteiger partial charge in [-0.2, -0.15) is 13.2 Å². The smallest absolute Gasteiger partial charge is 0.383 e. The number of carbonyl (C=O) groups is 1. The molecule has 1 amide bonds. The van der Waals surface area contributed by atoms with Crippen LogP contribution >= 0.6 is 11.6 Å². The molecule has 3 aromatic rings. The number of nitrogens with one attached hydrogen (secondary N) is 1. The number of nitrogen functional groups attached to an aromatic ring is 1. The molecule has 11 heteroatoms. The van der Waals surface area contributed by atoms with Crippen LogP contribution in [0.15, 0.2) is 48.7 Å². The van der Waals surface area contributed by atoms with Crippen LogP contribution in [0.25, 0.3) is 0 Å².